The first kappa shape index (κ1) is 14.5. The maximum Gasteiger partial charge on any atom is 0.316 e. The third kappa shape index (κ3) is 4.76. The Bertz CT molecular complexity index is 489. The van der Waals surface area contributed by atoms with E-state index < -0.39 is 11.4 Å². The number of hydrogen-bond donors (Lipinski definition) is 0. The van der Waals surface area contributed by atoms with E-state index in [0.29, 0.717) is 4.90 Å². The number of rotatable bonds is 3. The van der Waals surface area contributed by atoms with Gasteiger partial charge in [0.1, 0.15) is 17.5 Å². The predicted molar refractivity (Wildman–Crippen MR) is 67.7 cm³/mol. The molecule has 1 aromatic rings. The van der Waals surface area contributed by atoms with Gasteiger partial charge >= 0.3 is 5.97 Å². The van der Waals surface area contributed by atoms with Crippen molar-refractivity contribution in [2.75, 3.05) is 5.75 Å². The molecule has 0 atom stereocenters. The van der Waals surface area contributed by atoms with Crippen molar-refractivity contribution >= 4 is 17.7 Å². The van der Waals surface area contributed by atoms with Crippen molar-refractivity contribution < 1.29 is 13.9 Å². The van der Waals surface area contributed by atoms with Crippen LogP contribution in [0.4, 0.5) is 4.39 Å². The molecule has 18 heavy (non-hydrogen) atoms. The molecule has 0 aromatic heterocycles. The van der Waals surface area contributed by atoms with Gasteiger partial charge < -0.3 is 4.74 Å². The molecule has 0 N–H and O–H groups in total. The van der Waals surface area contributed by atoms with Crippen LogP contribution < -0.4 is 0 Å². The highest BCUT2D eigenvalue weighted by Gasteiger charge is 2.16. The molecule has 0 saturated carbocycles. The molecule has 1 rings (SSSR count). The maximum atomic E-state index is 12.9. The second-order valence-corrected chi connectivity index (χ2v) is 5.64. The summed E-state index contributed by atoms with van der Waals surface area (Å²) in [5.74, 6) is -0.730. The number of hydrogen-bond acceptors (Lipinski definition) is 4. The summed E-state index contributed by atoms with van der Waals surface area (Å²) < 4.78 is 18.0. The van der Waals surface area contributed by atoms with E-state index >= 15 is 0 Å². The van der Waals surface area contributed by atoms with Gasteiger partial charge in [0, 0.05) is 4.90 Å². The number of carbonyl (C=O) groups is 1. The molecule has 0 aliphatic rings. The quantitative estimate of drug-likeness (QED) is 0.623. The summed E-state index contributed by atoms with van der Waals surface area (Å²) in [7, 11) is 0. The zero-order valence-corrected chi connectivity index (χ0v) is 11.3. The zero-order chi connectivity index (χ0) is 13.8. The Morgan fingerprint density at radius 3 is 2.72 bits per heavy atom. The largest absolute Gasteiger partial charge is 0.459 e. The maximum absolute atomic E-state index is 12.9. The van der Waals surface area contributed by atoms with Crippen molar-refractivity contribution in [2.45, 2.75) is 31.3 Å². The van der Waals surface area contributed by atoms with E-state index in [1.54, 1.807) is 20.8 Å². The molecule has 3 nitrogen and oxygen atoms in total. The van der Waals surface area contributed by atoms with Gasteiger partial charge in [-0.1, -0.05) is 0 Å². The third-order valence-electron chi connectivity index (χ3n) is 1.83. The van der Waals surface area contributed by atoms with Crippen LogP contribution in [-0.2, 0) is 9.53 Å². The molecule has 0 bridgehead atoms. The molecule has 0 heterocycles. The average molecular weight is 267 g/mol. The molecule has 0 amide bonds. The molecule has 0 radical (unpaired) electrons. The van der Waals surface area contributed by atoms with Crippen LogP contribution >= 0.6 is 11.8 Å². The first-order valence-electron chi connectivity index (χ1n) is 5.36. The Morgan fingerprint density at radius 2 is 2.17 bits per heavy atom. The van der Waals surface area contributed by atoms with E-state index in [-0.39, 0.29) is 17.3 Å². The Kier molecular flexibility index (Phi) is 4.74. The van der Waals surface area contributed by atoms with Crippen LogP contribution in [0.1, 0.15) is 26.3 Å². The van der Waals surface area contributed by atoms with Crippen LogP contribution in [0.2, 0.25) is 0 Å². The lowest BCUT2D eigenvalue weighted by Gasteiger charge is -2.19. The van der Waals surface area contributed by atoms with Gasteiger partial charge in [0.2, 0.25) is 0 Å². The second-order valence-electron chi connectivity index (χ2n) is 4.63. The summed E-state index contributed by atoms with van der Waals surface area (Å²) in [6.45, 7) is 5.36. The normalized spacial score (nSPS) is 10.8. The Labute approximate surface area is 110 Å². The summed E-state index contributed by atoms with van der Waals surface area (Å²) in [5.41, 5.74) is -0.304. The molecular formula is C13H14FNO2S. The molecule has 0 aliphatic carbocycles. The van der Waals surface area contributed by atoms with Gasteiger partial charge in [-0.05, 0) is 39.0 Å². The highest BCUT2D eigenvalue weighted by atomic mass is 32.2. The second kappa shape index (κ2) is 5.87. The molecule has 0 fully saturated rings. The summed E-state index contributed by atoms with van der Waals surface area (Å²) in [6, 6.07) is 5.80. The van der Waals surface area contributed by atoms with Gasteiger partial charge in [0.15, 0.2) is 0 Å². The van der Waals surface area contributed by atoms with E-state index in [0.717, 1.165) is 6.07 Å². The van der Waals surface area contributed by atoms with Gasteiger partial charge in [0.25, 0.3) is 0 Å². The number of nitrogens with zero attached hydrogens (tertiary/aromatic N) is 1. The number of benzene rings is 1. The fourth-order valence-corrected chi connectivity index (χ4v) is 1.98. The minimum atomic E-state index is -0.529. The number of ether oxygens (including phenoxy) is 1. The Balaban J connectivity index is 2.65. The Hall–Kier alpha value is -1.54. The van der Waals surface area contributed by atoms with E-state index in [4.69, 9.17) is 10.00 Å². The summed E-state index contributed by atoms with van der Waals surface area (Å²) in [5, 5.41) is 8.85. The van der Waals surface area contributed by atoms with E-state index in [9.17, 15) is 9.18 Å². The van der Waals surface area contributed by atoms with Gasteiger partial charge in [-0.3, -0.25) is 4.79 Å². The molecule has 96 valence electrons. The smallest absolute Gasteiger partial charge is 0.316 e. The number of carbonyl (C=O) groups excluding carboxylic acids is 1. The highest BCUT2D eigenvalue weighted by molar-refractivity contribution is 8.00. The van der Waals surface area contributed by atoms with Crippen molar-refractivity contribution in [1.82, 2.24) is 0 Å². The Morgan fingerprint density at radius 1 is 1.50 bits per heavy atom. The molecule has 0 spiro atoms. The SMILES string of the molecule is CC(C)(C)OC(=O)CSc1ccc(F)cc1C#N. The molecule has 0 unspecified atom stereocenters. The monoisotopic (exact) mass is 267 g/mol. The topological polar surface area (TPSA) is 50.1 Å². The summed E-state index contributed by atoms with van der Waals surface area (Å²) in [4.78, 5) is 12.1. The highest BCUT2D eigenvalue weighted by Crippen LogP contribution is 2.23. The van der Waals surface area contributed by atoms with E-state index in [2.05, 4.69) is 0 Å². The standard InChI is InChI=1S/C13H14FNO2S/c1-13(2,3)17-12(16)8-18-11-5-4-10(14)6-9(11)7-15/h4-6H,8H2,1-3H3. The minimum absolute atomic E-state index is 0.0948. The molecule has 5 heteroatoms. The first-order chi connectivity index (χ1) is 8.31. The lowest BCUT2D eigenvalue weighted by molar-refractivity contribution is -0.151. The number of esters is 1. The zero-order valence-electron chi connectivity index (χ0n) is 10.5. The molecule has 1 aromatic carbocycles. The molecule has 0 aliphatic heterocycles. The van der Waals surface area contributed by atoms with Crippen LogP contribution in [0.15, 0.2) is 23.1 Å². The van der Waals surface area contributed by atoms with Gasteiger partial charge in [-0.15, -0.1) is 11.8 Å². The number of thioether (sulfide) groups is 1. The summed E-state index contributed by atoms with van der Waals surface area (Å²) in [6.07, 6.45) is 0. The predicted octanol–water partition coefficient (Wildman–Crippen LogP) is 3.13. The fraction of sp³-hybridized carbons (Fsp3) is 0.385. The van der Waals surface area contributed by atoms with Crippen molar-refractivity contribution in [3.05, 3.63) is 29.6 Å². The number of nitriles is 1. The van der Waals surface area contributed by atoms with Crippen LogP contribution in [-0.4, -0.2) is 17.3 Å². The van der Waals surface area contributed by atoms with Crippen LogP contribution in [0.25, 0.3) is 0 Å². The van der Waals surface area contributed by atoms with Crippen molar-refractivity contribution in [1.29, 1.82) is 5.26 Å². The minimum Gasteiger partial charge on any atom is -0.459 e. The molecule has 0 saturated heterocycles. The van der Waals surface area contributed by atoms with Crippen molar-refractivity contribution in [2.24, 2.45) is 0 Å². The van der Waals surface area contributed by atoms with Crippen LogP contribution in [0, 0.1) is 17.1 Å². The van der Waals surface area contributed by atoms with Crippen molar-refractivity contribution in [3.8, 4) is 6.07 Å². The van der Waals surface area contributed by atoms with Gasteiger partial charge in [-0.2, -0.15) is 5.26 Å². The van der Waals surface area contributed by atoms with Gasteiger partial charge in [0.05, 0.1) is 11.3 Å². The average Bonchev–Trinajstić information content (AvgIpc) is 2.24. The number of halogens is 1. The fourth-order valence-electron chi connectivity index (χ4n) is 1.22. The van der Waals surface area contributed by atoms with Crippen molar-refractivity contribution in [3.63, 3.8) is 0 Å². The van der Waals surface area contributed by atoms with Crippen LogP contribution in [0.3, 0.4) is 0 Å². The molecular weight excluding hydrogens is 253 g/mol. The summed E-state index contributed by atoms with van der Waals surface area (Å²) >= 11 is 1.17. The van der Waals surface area contributed by atoms with Gasteiger partial charge in [-0.25, -0.2) is 4.39 Å². The first-order valence-corrected chi connectivity index (χ1v) is 6.34. The van der Waals surface area contributed by atoms with E-state index in [1.165, 1.54) is 23.9 Å². The third-order valence-corrected chi connectivity index (χ3v) is 2.87. The van der Waals surface area contributed by atoms with E-state index in [1.807, 2.05) is 6.07 Å². The lowest BCUT2D eigenvalue weighted by Crippen LogP contribution is -2.24. The lowest BCUT2D eigenvalue weighted by atomic mass is 10.2. The van der Waals surface area contributed by atoms with Crippen LogP contribution in [0.5, 0.6) is 0 Å².